The van der Waals surface area contributed by atoms with Gasteiger partial charge in [0.15, 0.2) is 11.5 Å². The van der Waals surface area contributed by atoms with E-state index in [4.69, 9.17) is 9.47 Å². The molecular formula is C25H26FN3O3. The van der Waals surface area contributed by atoms with Crippen LogP contribution in [-0.2, 0) is 11.3 Å². The number of carbonyl (C=O) groups is 1. The highest BCUT2D eigenvalue weighted by Crippen LogP contribution is 2.33. The summed E-state index contributed by atoms with van der Waals surface area (Å²) < 4.78 is 26.7. The minimum absolute atomic E-state index is 0.0932. The number of hydrogen-bond donors (Lipinski definition) is 0. The standard InChI is InChI=1S/C25H26FN3O3/c26-21-5-3-4-20(15-21)22(28-8-1-2-9-28)16-25(30)29-12-10-27(11-13-29)17-19-6-7-23-24(14-19)32-18-31-23/h1-9,14-15,22H,10-13,16-18H2/t22-/m1/s1. The molecule has 2 aromatic carbocycles. The van der Waals surface area contributed by atoms with Gasteiger partial charge >= 0.3 is 0 Å². The van der Waals surface area contributed by atoms with Crippen molar-refractivity contribution in [3.63, 3.8) is 0 Å². The highest BCUT2D eigenvalue weighted by atomic mass is 19.1. The summed E-state index contributed by atoms with van der Waals surface area (Å²) in [6.07, 6.45) is 4.15. The van der Waals surface area contributed by atoms with Crippen molar-refractivity contribution in [2.24, 2.45) is 0 Å². The van der Waals surface area contributed by atoms with E-state index in [0.29, 0.717) is 19.5 Å². The van der Waals surface area contributed by atoms with E-state index in [9.17, 15) is 9.18 Å². The quantitative estimate of drug-likeness (QED) is 0.593. The Balaban J connectivity index is 1.20. The zero-order valence-electron chi connectivity index (χ0n) is 17.8. The van der Waals surface area contributed by atoms with E-state index >= 15 is 0 Å². The first kappa shape index (κ1) is 20.6. The van der Waals surface area contributed by atoms with Gasteiger partial charge in [-0.3, -0.25) is 9.69 Å². The van der Waals surface area contributed by atoms with Gasteiger partial charge in [-0.1, -0.05) is 18.2 Å². The number of ether oxygens (including phenoxy) is 2. The van der Waals surface area contributed by atoms with E-state index in [-0.39, 0.29) is 24.6 Å². The first-order valence-corrected chi connectivity index (χ1v) is 10.9. The lowest BCUT2D eigenvalue weighted by Crippen LogP contribution is -2.48. The van der Waals surface area contributed by atoms with E-state index in [1.807, 2.05) is 52.2 Å². The molecule has 166 valence electrons. The largest absolute Gasteiger partial charge is 0.454 e. The Kier molecular flexibility index (Phi) is 5.81. The molecule has 0 radical (unpaired) electrons. The number of hydrogen-bond acceptors (Lipinski definition) is 4. The second-order valence-electron chi connectivity index (χ2n) is 8.25. The molecule has 0 unspecified atom stereocenters. The molecule has 1 saturated heterocycles. The van der Waals surface area contributed by atoms with Gasteiger partial charge in [0.05, 0.1) is 12.5 Å². The summed E-state index contributed by atoms with van der Waals surface area (Å²) in [4.78, 5) is 17.4. The van der Waals surface area contributed by atoms with Crippen LogP contribution in [-0.4, -0.2) is 53.2 Å². The van der Waals surface area contributed by atoms with Gasteiger partial charge in [-0.2, -0.15) is 0 Å². The van der Waals surface area contributed by atoms with Gasteiger partial charge in [0, 0.05) is 45.1 Å². The monoisotopic (exact) mass is 435 g/mol. The molecule has 32 heavy (non-hydrogen) atoms. The van der Waals surface area contributed by atoms with Crippen LogP contribution in [0.3, 0.4) is 0 Å². The van der Waals surface area contributed by atoms with Crippen LogP contribution in [0.2, 0.25) is 0 Å². The third-order valence-electron chi connectivity index (χ3n) is 6.16. The number of carbonyl (C=O) groups excluding carboxylic acids is 1. The van der Waals surface area contributed by atoms with E-state index in [1.165, 1.54) is 17.7 Å². The van der Waals surface area contributed by atoms with Crippen LogP contribution in [0.4, 0.5) is 4.39 Å². The van der Waals surface area contributed by atoms with Crippen LogP contribution in [0.25, 0.3) is 0 Å². The molecule has 2 aliphatic rings. The van der Waals surface area contributed by atoms with Gasteiger partial charge in [0.1, 0.15) is 5.82 Å². The molecule has 0 bridgehead atoms. The fourth-order valence-corrected chi connectivity index (χ4v) is 4.41. The summed E-state index contributed by atoms with van der Waals surface area (Å²) in [6.45, 7) is 4.09. The van der Waals surface area contributed by atoms with Crippen LogP contribution in [0.5, 0.6) is 11.5 Å². The molecule has 6 nitrogen and oxygen atoms in total. The van der Waals surface area contributed by atoms with Gasteiger partial charge < -0.3 is 18.9 Å². The molecule has 3 aromatic rings. The molecule has 1 aromatic heterocycles. The predicted molar refractivity (Wildman–Crippen MR) is 118 cm³/mol. The van der Waals surface area contributed by atoms with Crippen molar-refractivity contribution < 1.29 is 18.7 Å². The number of piperazine rings is 1. The second kappa shape index (κ2) is 9.04. The first-order chi connectivity index (χ1) is 15.7. The molecule has 0 saturated carbocycles. The Bertz CT molecular complexity index is 1080. The lowest BCUT2D eigenvalue weighted by molar-refractivity contribution is -0.133. The minimum atomic E-state index is -0.288. The lowest BCUT2D eigenvalue weighted by Gasteiger charge is -2.35. The van der Waals surface area contributed by atoms with Crippen LogP contribution in [0, 0.1) is 5.82 Å². The number of rotatable bonds is 6. The number of halogens is 1. The van der Waals surface area contributed by atoms with Gasteiger partial charge in [0.2, 0.25) is 12.7 Å². The van der Waals surface area contributed by atoms with Crippen molar-refractivity contribution in [3.8, 4) is 11.5 Å². The van der Waals surface area contributed by atoms with Gasteiger partial charge in [-0.15, -0.1) is 0 Å². The molecular weight excluding hydrogens is 409 g/mol. The molecule has 7 heteroatoms. The molecule has 1 atom stereocenters. The summed E-state index contributed by atoms with van der Waals surface area (Å²) in [5.74, 6) is 1.39. The molecule has 0 N–H and O–H groups in total. The second-order valence-corrected chi connectivity index (χ2v) is 8.25. The van der Waals surface area contributed by atoms with Crippen LogP contribution < -0.4 is 9.47 Å². The van der Waals surface area contributed by atoms with E-state index < -0.39 is 0 Å². The summed E-state index contributed by atoms with van der Waals surface area (Å²) in [5, 5.41) is 0. The normalized spacial score (nSPS) is 16.8. The third kappa shape index (κ3) is 4.48. The van der Waals surface area contributed by atoms with Crippen molar-refractivity contribution >= 4 is 5.91 Å². The van der Waals surface area contributed by atoms with E-state index in [0.717, 1.165) is 36.7 Å². The number of nitrogens with zero attached hydrogens (tertiary/aromatic N) is 3. The summed E-state index contributed by atoms with van der Waals surface area (Å²) >= 11 is 0. The maximum atomic E-state index is 13.8. The Morgan fingerprint density at radius 1 is 0.938 bits per heavy atom. The summed E-state index contributed by atoms with van der Waals surface area (Å²) in [5.41, 5.74) is 1.98. The van der Waals surface area contributed by atoms with E-state index in [1.54, 1.807) is 6.07 Å². The first-order valence-electron chi connectivity index (χ1n) is 10.9. The van der Waals surface area contributed by atoms with Gasteiger partial charge in [0.25, 0.3) is 0 Å². The Morgan fingerprint density at radius 3 is 2.50 bits per heavy atom. The smallest absolute Gasteiger partial charge is 0.231 e. The SMILES string of the molecule is O=C(C[C@H](c1cccc(F)c1)n1cccc1)N1CCN(Cc2ccc3c(c2)OCO3)CC1. The predicted octanol–water partition coefficient (Wildman–Crippen LogP) is 3.68. The number of amides is 1. The Hall–Kier alpha value is -3.32. The topological polar surface area (TPSA) is 46.9 Å². The third-order valence-corrected chi connectivity index (χ3v) is 6.16. The van der Waals surface area contributed by atoms with Crippen molar-refractivity contribution in [3.05, 3.63) is 83.9 Å². The maximum absolute atomic E-state index is 13.8. The number of fused-ring (bicyclic) bond motifs is 1. The fraction of sp³-hybridized carbons (Fsp3) is 0.320. The van der Waals surface area contributed by atoms with Crippen molar-refractivity contribution in [1.82, 2.24) is 14.4 Å². The maximum Gasteiger partial charge on any atom is 0.231 e. The highest BCUT2D eigenvalue weighted by Gasteiger charge is 2.25. The summed E-state index contributed by atoms with van der Waals surface area (Å²) in [7, 11) is 0. The Morgan fingerprint density at radius 2 is 1.72 bits per heavy atom. The molecule has 0 spiro atoms. The molecule has 2 aliphatic heterocycles. The average molecular weight is 435 g/mol. The minimum Gasteiger partial charge on any atom is -0.454 e. The molecule has 3 heterocycles. The van der Waals surface area contributed by atoms with Gasteiger partial charge in [-0.25, -0.2) is 4.39 Å². The molecule has 1 amide bonds. The van der Waals surface area contributed by atoms with Crippen LogP contribution in [0.15, 0.2) is 67.0 Å². The fourth-order valence-electron chi connectivity index (χ4n) is 4.41. The van der Waals surface area contributed by atoms with Gasteiger partial charge in [-0.05, 0) is 47.5 Å². The molecule has 5 rings (SSSR count). The van der Waals surface area contributed by atoms with E-state index in [2.05, 4.69) is 11.0 Å². The average Bonchev–Trinajstić information content (AvgIpc) is 3.50. The molecule has 0 aliphatic carbocycles. The Labute approximate surface area is 186 Å². The number of benzene rings is 2. The number of aromatic nitrogens is 1. The summed E-state index contributed by atoms with van der Waals surface area (Å²) in [6, 6.07) is 16.2. The highest BCUT2D eigenvalue weighted by molar-refractivity contribution is 5.77. The van der Waals surface area contributed by atoms with Crippen molar-refractivity contribution in [2.75, 3.05) is 33.0 Å². The molecule has 1 fully saturated rings. The van der Waals surface area contributed by atoms with Crippen molar-refractivity contribution in [1.29, 1.82) is 0 Å². The lowest BCUT2D eigenvalue weighted by atomic mass is 10.0. The van der Waals surface area contributed by atoms with Crippen LogP contribution in [0.1, 0.15) is 23.6 Å². The van der Waals surface area contributed by atoms with Crippen LogP contribution >= 0.6 is 0 Å². The van der Waals surface area contributed by atoms with Crippen molar-refractivity contribution in [2.45, 2.75) is 19.0 Å². The zero-order valence-corrected chi connectivity index (χ0v) is 17.8. The zero-order chi connectivity index (χ0) is 21.9.